The third kappa shape index (κ3) is 4.37. The van der Waals surface area contributed by atoms with E-state index in [9.17, 15) is 4.79 Å². The smallest absolute Gasteiger partial charge is 0.171 e. The summed E-state index contributed by atoms with van der Waals surface area (Å²) in [7, 11) is 1.55. The molecule has 0 spiro atoms. The highest BCUT2D eigenvalue weighted by Gasteiger charge is 2.09. The van der Waals surface area contributed by atoms with Gasteiger partial charge in [0.25, 0.3) is 0 Å². The minimum absolute atomic E-state index is 0.397. The Balaban J connectivity index is 2.52. The average molecular weight is 252 g/mol. The summed E-state index contributed by atoms with van der Waals surface area (Å²) in [5, 5.41) is 0. The Morgan fingerprint density at radius 3 is 2.67 bits per heavy atom. The summed E-state index contributed by atoms with van der Waals surface area (Å²) in [5.74, 6) is 1.54. The van der Waals surface area contributed by atoms with Crippen molar-refractivity contribution >= 4 is 6.29 Å². The molecule has 0 radical (unpaired) electrons. The van der Waals surface area contributed by atoms with Gasteiger partial charge < -0.3 is 14.2 Å². The van der Waals surface area contributed by atoms with Crippen LogP contribution in [-0.4, -0.2) is 33.2 Å². The highest BCUT2D eigenvalue weighted by molar-refractivity contribution is 5.81. The third-order valence-electron chi connectivity index (χ3n) is 2.28. The van der Waals surface area contributed by atoms with Crippen LogP contribution >= 0.6 is 0 Å². The molecule has 0 amide bonds. The Kier molecular flexibility index (Phi) is 6.22. The lowest BCUT2D eigenvalue weighted by Crippen LogP contribution is -2.11. The third-order valence-corrected chi connectivity index (χ3v) is 2.28. The fourth-order valence-electron chi connectivity index (χ4n) is 1.46. The van der Waals surface area contributed by atoms with Crippen LogP contribution in [0, 0.1) is 5.92 Å². The van der Waals surface area contributed by atoms with Crippen LogP contribution in [0.5, 0.6) is 11.5 Å². The maximum atomic E-state index is 10.9. The lowest BCUT2D eigenvalue weighted by molar-refractivity contribution is 0.0806. The van der Waals surface area contributed by atoms with E-state index in [0.29, 0.717) is 42.8 Å². The molecule has 0 aromatic heterocycles. The lowest BCUT2D eigenvalue weighted by atomic mass is 10.2. The van der Waals surface area contributed by atoms with Gasteiger partial charge in [-0.1, -0.05) is 19.9 Å². The van der Waals surface area contributed by atoms with Crippen LogP contribution in [0.2, 0.25) is 0 Å². The van der Waals surface area contributed by atoms with Crippen molar-refractivity contribution < 1.29 is 19.0 Å². The molecule has 0 bridgehead atoms. The second kappa shape index (κ2) is 7.71. The van der Waals surface area contributed by atoms with Crippen LogP contribution < -0.4 is 9.47 Å². The van der Waals surface area contributed by atoms with Gasteiger partial charge in [-0.2, -0.15) is 0 Å². The monoisotopic (exact) mass is 252 g/mol. The zero-order valence-electron chi connectivity index (χ0n) is 11.1. The van der Waals surface area contributed by atoms with E-state index in [-0.39, 0.29) is 0 Å². The first-order chi connectivity index (χ1) is 8.69. The van der Waals surface area contributed by atoms with E-state index in [1.807, 2.05) is 0 Å². The first-order valence-corrected chi connectivity index (χ1v) is 6.01. The molecule has 0 saturated carbocycles. The van der Waals surface area contributed by atoms with E-state index >= 15 is 0 Å². The number of hydrogen-bond donors (Lipinski definition) is 0. The number of methoxy groups -OCH3 is 1. The number of aldehydes is 1. The Bertz CT molecular complexity index is 374. The van der Waals surface area contributed by atoms with Crippen LogP contribution in [0.15, 0.2) is 18.2 Å². The van der Waals surface area contributed by atoms with E-state index in [1.165, 1.54) is 0 Å². The first-order valence-electron chi connectivity index (χ1n) is 6.01. The average Bonchev–Trinajstić information content (AvgIpc) is 2.37. The summed E-state index contributed by atoms with van der Waals surface area (Å²) < 4.78 is 16.1. The molecular weight excluding hydrogens is 232 g/mol. The van der Waals surface area contributed by atoms with Crippen molar-refractivity contribution in [1.82, 2.24) is 0 Å². The quantitative estimate of drug-likeness (QED) is 0.527. The molecule has 4 heteroatoms. The summed E-state index contributed by atoms with van der Waals surface area (Å²) >= 11 is 0. The highest BCUT2D eigenvalue weighted by atomic mass is 16.5. The molecule has 0 N–H and O–H groups in total. The van der Waals surface area contributed by atoms with E-state index in [1.54, 1.807) is 25.3 Å². The molecule has 4 nitrogen and oxygen atoms in total. The van der Waals surface area contributed by atoms with Crippen molar-refractivity contribution in [1.29, 1.82) is 0 Å². The van der Waals surface area contributed by atoms with Crippen molar-refractivity contribution in [3.63, 3.8) is 0 Å². The highest BCUT2D eigenvalue weighted by Crippen LogP contribution is 2.29. The van der Waals surface area contributed by atoms with Crippen molar-refractivity contribution in [3.05, 3.63) is 23.8 Å². The molecule has 0 unspecified atom stereocenters. The van der Waals surface area contributed by atoms with E-state index in [0.717, 1.165) is 6.29 Å². The second-order valence-corrected chi connectivity index (χ2v) is 4.31. The largest absolute Gasteiger partial charge is 0.493 e. The van der Waals surface area contributed by atoms with Crippen LogP contribution in [0.3, 0.4) is 0 Å². The number of hydrogen-bond acceptors (Lipinski definition) is 4. The SMILES string of the molecule is COc1cccc(C=O)c1OCCOCC(C)C. The van der Waals surface area contributed by atoms with Gasteiger partial charge in [0.15, 0.2) is 17.8 Å². The van der Waals surface area contributed by atoms with Gasteiger partial charge in [0.1, 0.15) is 6.61 Å². The van der Waals surface area contributed by atoms with Crippen LogP contribution in [0.25, 0.3) is 0 Å². The van der Waals surface area contributed by atoms with Gasteiger partial charge in [-0.3, -0.25) is 4.79 Å². The van der Waals surface area contributed by atoms with Crippen molar-refractivity contribution in [2.75, 3.05) is 26.9 Å². The topological polar surface area (TPSA) is 44.8 Å². The molecule has 0 aliphatic carbocycles. The van der Waals surface area contributed by atoms with Gasteiger partial charge in [-0.05, 0) is 18.1 Å². The van der Waals surface area contributed by atoms with Crippen LogP contribution in [0.1, 0.15) is 24.2 Å². The molecule has 0 atom stereocenters. The van der Waals surface area contributed by atoms with E-state index in [4.69, 9.17) is 14.2 Å². The minimum atomic E-state index is 0.397. The van der Waals surface area contributed by atoms with Crippen molar-refractivity contribution in [3.8, 4) is 11.5 Å². The summed E-state index contributed by atoms with van der Waals surface area (Å²) in [5.41, 5.74) is 0.484. The number of carbonyl (C=O) groups excluding carboxylic acids is 1. The fourth-order valence-corrected chi connectivity index (χ4v) is 1.46. The predicted octanol–water partition coefficient (Wildman–Crippen LogP) is 2.56. The number of carbonyl (C=O) groups is 1. The molecule has 1 rings (SSSR count). The summed E-state index contributed by atoms with van der Waals surface area (Å²) in [6.07, 6.45) is 0.757. The Hall–Kier alpha value is -1.55. The van der Waals surface area contributed by atoms with Crippen LogP contribution in [0.4, 0.5) is 0 Å². The van der Waals surface area contributed by atoms with E-state index in [2.05, 4.69) is 13.8 Å². The molecule has 0 aliphatic heterocycles. The molecule has 0 aliphatic rings. The molecule has 0 fully saturated rings. The maximum Gasteiger partial charge on any atom is 0.171 e. The van der Waals surface area contributed by atoms with Crippen LogP contribution in [-0.2, 0) is 4.74 Å². The molecule has 100 valence electrons. The standard InChI is InChI=1S/C14H20O4/c1-11(2)10-17-7-8-18-14-12(9-15)5-4-6-13(14)16-3/h4-6,9,11H,7-8,10H2,1-3H3. The fraction of sp³-hybridized carbons (Fsp3) is 0.500. The molecular formula is C14H20O4. The molecule has 1 aromatic rings. The Morgan fingerprint density at radius 1 is 1.28 bits per heavy atom. The molecule has 0 saturated heterocycles. The van der Waals surface area contributed by atoms with Crippen molar-refractivity contribution in [2.24, 2.45) is 5.92 Å². The van der Waals surface area contributed by atoms with E-state index < -0.39 is 0 Å². The molecule has 1 aromatic carbocycles. The normalized spacial score (nSPS) is 10.4. The second-order valence-electron chi connectivity index (χ2n) is 4.31. The van der Waals surface area contributed by atoms with Crippen molar-refractivity contribution in [2.45, 2.75) is 13.8 Å². The molecule has 0 heterocycles. The van der Waals surface area contributed by atoms with Gasteiger partial charge >= 0.3 is 0 Å². The number of para-hydroxylation sites is 1. The summed E-state index contributed by atoms with van der Waals surface area (Å²) in [4.78, 5) is 10.9. The zero-order valence-corrected chi connectivity index (χ0v) is 11.1. The summed E-state index contributed by atoms with van der Waals surface area (Å²) in [6.45, 7) is 5.77. The first kappa shape index (κ1) is 14.5. The van der Waals surface area contributed by atoms with Gasteiger partial charge in [0.05, 0.1) is 19.3 Å². The van der Waals surface area contributed by atoms with Gasteiger partial charge in [-0.15, -0.1) is 0 Å². The Labute approximate surface area is 108 Å². The minimum Gasteiger partial charge on any atom is -0.493 e. The zero-order chi connectivity index (χ0) is 13.4. The maximum absolute atomic E-state index is 10.9. The van der Waals surface area contributed by atoms with Gasteiger partial charge in [-0.25, -0.2) is 0 Å². The summed E-state index contributed by atoms with van der Waals surface area (Å²) in [6, 6.07) is 5.21. The number of benzene rings is 1. The van der Waals surface area contributed by atoms with Gasteiger partial charge in [0, 0.05) is 6.61 Å². The number of ether oxygens (including phenoxy) is 3. The predicted molar refractivity (Wildman–Crippen MR) is 69.5 cm³/mol. The lowest BCUT2D eigenvalue weighted by Gasteiger charge is -2.13. The number of rotatable bonds is 8. The molecule has 18 heavy (non-hydrogen) atoms. The van der Waals surface area contributed by atoms with Gasteiger partial charge in [0.2, 0.25) is 0 Å². The Morgan fingerprint density at radius 2 is 2.06 bits per heavy atom.